The predicted octanol–water partition coefficient (Wildman–Crippen LogP) is 4.94. The average molecular weight is 319 g/mol. The van der Waals surface area contributed by atoms with Crippen LogP contribution in [0.25, 0.3) is 10.9 Å². The highest BCUT2D eigenvalue weighted by Gasteiger charge is 2.25. The molecule has 0 saturated carbocycles. The van der Waals surface area contributed by atoms with E-state index in [0.717, 1.165) is 36.6 Å². The highest BCUT2D eigenvalue weighted by Crippen LogP contribution is 2.27. The van der Waals surface area contributed by atoms with E-state index < -0.39 is 5.60 Å². The van der Waals surface area contributed by atoms with Crippen molar-refractivity contribution in [1.29, 1.82) is 0 Å². The first-order valence-corrected chi connectivity index (χ1v) is 8.79. The van der Waals surface area contributed by atoms with E-state index in [1.807, 2.05) is 36.5 Å². The fourth-order valence-corrected chi connectivity index (χ4v) is 3.32. The van der Waals surface area contributed by atoms with Crippen LogP contribution in [0, 0.1) is 0 Å². The van der Waals surface area contributed by atoms with Crippen molar-refractivity contribution in [2.24, 2.45) is 0 Å². The summed E-state index contributed by atoms with van der Waals surface area (Å²) in [5, 5.41) is 12.2. The van der Waals surface area contributed by atoms with Gasteiger partial charge in [-0.3, -0.25) is 4.98 Å². The molecule has 0 aliphatic carbocycles. The summed E-state index contributed by atoms with van der Waals surface area (Å²) in [6.45, 7) is 2.08. The number of benzene rings is 2. The maximum atomic E-state index is 11.1. The number of aromatic nitrogens is 1. The van der Waals surface area contributed by atoms with E-state index in [-0.39, 0.29) is 0 Å². The molecule has 24 heavy (non-hydrogen) atoms. The molecule has 1 N–H and O–H groups in total. The van der Waals surface area contributed by atoms with Crippen molar-refractivity contribution in [3.63, 3.8) is 0 Å². The van der Waals surface area contributed by atoms with Crippen LogP contribution in [0.2, 0.25) is 0 Å². The van der Waals surface area contributed by atoms with Crippen LogP contribution in [0.15, 0.2) is 66.9 Å². The van der Waals surface area contributed by atoms with Gasteiger partial charge in [0.15, 0.2) is 0 Å². The Hall–Kier alpha value is -2.19. The lowest BCUT2D eigenvalue weighted by atomic mass is 9.85. The van der Waals surface area contributed by atoms with Gasteiger partial charge in [-0.2, -0.15) is 0 Å². The molecule has 0 amide bonds. The van der Waals surface area contributed by atoms with Crippen molar-refractivity contribution in [2.45, 2.75) is 44.6 Å². The Bertz CT molecular complexity index is 779. The summed E-state index contributed by atoms with van der Waals surface area (Å²) < 4.78 is 0. The number of pyridine rings is 1. The number of hydrogen-bond acceptors (Lipinski definition) is 2. The van der Waals surface area contributed by atoms with Crippen molar-refractivity contribution in [3.8, 4) is 0 Å². The van der Waals surface area contributed by atoms with E-state index in [1.165, 1.54) is 11.1 Å². The molecule has 0 aliphatic heterocycles. The molecule has 124 valence electrons. The number of aliphatic hydroxyl groups is 1. The molecule has 0 spiro atoms. The Morgan fingerprint density at radius 1 is 0.958 bits per heavy atom. The molecule has 1 heterocycles. The third kappa shape index (κ3) is 4.01. The average Bonchev–Trinajstić information content (AvgIpc) is 2.63. The van der Waals surface area contributed by atoms with E-state index in [2.05, 4.69) is 42.2 Å². The third-order valence-electron chi connectivity index (χ3n) is 4.87. The fraction of sp³-hybridized carbons (Fsp3) is 0.318. The predicted molar refractivity (Wildman–Crippen MR) is 100 cm³/mol. The largest absolute Gasteiger partial charge is 0.390 e. The van der Waals surface area contributed by atoms with E-state index in [0.29, 0.717) is 6.42 Å². The van der Waals surface area contributed by atoms with Gasteiger partial charge < -0.3 is 5.11 Å². The molecule has 2 heteroatoms. The molecule has 2 nitrogen and oxygen atoms in total. The van der Waals surface area contributed by atoms with Crippen molar-refractivity contribution in [3.05, 3.63) is 78.0 Å². The zero-order valence-electron chi connectivity index (χ0n) is 14.3. The van der Waals surface area contributed by atoms with Gasteiger partial charge in [0.05, 0.1) is 11.1 Å². The Morgan fingerprint density at radius 3 is 2.50 bits per heavy atom. The van der Waals surface area contributed by atoms with E-state index in [1.54, 1.807) is 0 Å². The first-order chi connectivity index (χ1) is 11.7. The lowest BCUT2D eigenvalue weighted by molar-refractivity contribution is 0.0262. The Kier molecular flexibility index (Phi) is 5.27. The molecule has 0 aliphatic rings. The van der Waals surface area contributed by atoms with Gasteiger partial charge >= 0.3 is 0 Å². The molecular formula is C22H25NO. The van der Waals surface area contributed by atoms with Gasteiger partial charge in [0.2, 0.25) is 0 Å². The zero-order chi connectivity index (χ0) is 16.8. The molecule has 1 aromatic heterocycles. The lowest BCUT2D eigenvalue weighted by Gasteiger charge is -2.27. The third-order valence-corrected chi connectivity index (χ3v) is 4.87. The molecule has 0 radical (unpaired) electrons. The molecule has 3 aromatic rings. The summed E-state index contributed by atoms with van der Waals surface area (Å²) >= 11 is 0. The minimum atomic E-state index is -0.654. The standard InChI is InChI=1S/C22H25NO/c1-2-22(24,15-8-11-18-9-4-3-5-10-18)17-19-14-16-23-21-13-7-6-12-20(19)21/h3-7,9-10,12-14,16,24H,2,8,11,15,17H2,1H3. The van der Waals surface area contributed by atoms with Crippen LogP contribution in [0.1, 0.15) is 37.3 Å². The number of aryl methyl sites for hydroxylation is 1. The van der Waals surface area contributed by atoms with Crippen molar-refractivity contribution in [2.75, 3.05) is 0 Å². The summed E-state index contributed by atoms with van der Waals surface area (Å²) in [6.07, 6.45) is 6.12. The molecule has 2 aromatic carbocycles. The smallest absolute Gasteiger partial charge is 0.0704 e. The van der Waals surface area contributed by atoms with Crippen molar-refractivity contribution in [1.82, 2.24) is 4.98 Å². The summed E-state index contributed by atoms with van der Waals surface area (Å²) in [4.78, 5) is 4.42. The summed E-state index contributed by atoms with van der Waals surface area (Å²) in [5.74, 6) is 0. The monoisotopic (exact) mass is 319 g/mol. The first kappa shape index (κ1) is 16.7. The molecule has 0 fully saturated rings. The first-order valence-electron chi connectivity index (χ1n) is 8.79. The van der Waals surface area contributed by atoms with Crippen molar-refractivity contribution >= 4 is 10.9 Å². The van der Waals surface area contributed by atoms with Crippen LogP contribution in [-0.4, -0.2) is 15.7 Å². The van der Waals surface area contributed by atoms with Crippen LogP contribution < -0.4 is 0 Å². The minimum absolute atomic E-state index is 0.654. The normalized spacial score (nSPS) is 13.8. The molecule has 3 rings (SSSR count). The van der Waals surface area contributed by atoms with Gasteiger partial charge in [-0.1, -0.05) is 55.5 Å². The summed E-state index contributed by atoms with van der Waals surface area (Å²) in [7, 11) is 0. The summed E-state index contributed by atoms with van der Waals surface area (Å²) in [5.41, 5.74) is 2.87. The number of rotatable bonds is 7. The quantitative estimate of drug-likeness (QED) is 0.669. The molecule has 1 atom stereocenters. The topological polar surface area (TPSA) is 33.1 Å². The van der Waals surface area contributed by atoms with Crippen molar-refractivity contribution < 1.29 is 5.11 Å². The van der Waals surface area contributed by atoms with E-state index in [4.69, 9.17) is 0 Å². The molecule has 1 unspecified atom stereocenters. The Labute approximate surface area is 144 Å². The number of nitrogens with zero attached hydrogens (tertiary/aromatic N) is 1. The van der Waals surface area contributed by atoms with Crippen LogP contribution in [0.4, 0.5) is 0 Å². The molecule has 0 bridgehead atoms. The van der Waals surface area contributed by atoms with E-state index in [9.17, 15) is 5.11 Å². The van der Waals surface area contributed by atoms with Gasteiger partial charge in [-0.15, -0.1) is 0 Å². The second kappa shape index (κ2) is 7.59. The summed E-state index contributed by atoms with van der Waals surface area (Å²) in [6, 6.07) is 20.7. The number of fused-ring (bicyclic) bond motifs is 1. The van der Waals surface area contributed by atoms with Gasteiger partial charge in [-0.05, 0) is 48.9 Å². The maximum absolute atomic E-state index is 11.1. The second-order valence-electron chi connectivity index (χ2n) is 6.58. The Balaban J connectivity index is 1.70. The molecular weight excluding hydrogens is 294 g/mol. The van der Waals surface area contributed by atoms with Gasteiger partial charge in [-0.25, -0.2) is 0 Å². The van der Waals surface area contributed by atoms with Gasteiger partial charge in [0, 0.05) is 18.0 Å². The van der Waals surface area contributed by atoms with Gasteiger partial charge in [0.1, 0.15) is 0 Å². The maximum Gasteiger partial charge on any atom is 0.0704 e. The van der Waals surface area contributed by atoms with Crippen LogP contribution in [-0.2, 0) is 12.8 Å². The fourth-order valence-electron chi connectivity index (χ4n) is 3.32. The van der Waals surface area contributed by atoms with Crippen LogP contribution >= 0.6 is 0 Å². The van der Waals surface area contributed by atoms with Gasteiger partial charge in [0.25, 0.3) is 0 Å². The van der Waals surface area contributed by atoms with Crippen LogP contribution in [0.3, 0.4) is 0 Å². The zero-order valence-corrected chi connectivity index (χ0v) is 14.3. The highest BCUT2D eigenvalue weighted by molar-refractivity contribution is 5.81. The molecule has 0 saturated heterocycles. The number of hydrogen-bond donors (Lipinski definition) is 1. The minimum Gasteiger partial charge on any atom is -0.390 e. The lowest BCUT2D eigenvalue weighted by Crippen LogP contribution is -2.30. The highest BCUT2D eigenvalue weighted by atomic mass is 16.3. The SMILES string of the molecule is CCC(O)(CCCc1ccccc1)Cc1ccnc2ccccc12. The van der Waals surface area contributed by atoms with Crippen LogP contribution in [0.5, 0.6) is 0 Å². The number of para-hydroxylation sites is 1. The second-order valence-corrected chi connectivity index (χ2v) is 6.58. The Morgan fingerprint density at radius 2 is 1.71 bits per heavy atom. The van der Waals surface area contributed by atoms with E-state index >= 15 is 0 Å².